The molecule has 88 valence electrons. The quantitative estimate of drug-likeness (QED) is 0.767. The summed E-state index contributed by atoms with van der Waals surface area (Å²) >= 11 is 0. The van der Waals surface area contributed by atoms with Gasteiger partial charge in [0.15, 0.2) is 0 Å². The van der Waals surface area contributed by atoms with Crippen molar-refractivity contribution >= 4 is 11.6 Å². The lowest BCUT2D eigenvalue weighted by atomic mass is 10.1. The van der Waals surface area contributed by atoms with Crippen LogP contribution in [0.3, 0.4) is 0 Å². The number of rotatable bonds is 4. The second-order valence-corrected chi connectivity index (χ2v) is 3.84. The second-order valence-electron chi connectivity index (χ2n) is 3.84. The molecule has 1 aromatic carbocycles. The first-order chi connectivity index (χ1) is 7.54. The predicted molar refractivity (Wildman–Crippen MR) is 62.5 cm³/mol. The van der Waals surface area contributed by atoms with Crippen molar-refractivity contribution < 1.29 is 14.6 Å². The normalized spacial score (nSPS) is 12.2. The number of aryl methyl sites for hydroxylation is 1. The van der Waals surface area contributed by atoms with Crippen LogP contribution in [0.25, 0.3) is 0 Å². The van der Waals surface area contributed by atoms with Crippen LogP contribution in [0.15, 0.2) is 18.2 Å². The number of methoxy groups -OCH3 is 1. The van der Waals surface area contributed by atoms with Crippen molar-refractivity contribution in [3.8, 4) is 5.75 Å². The molecular weight excluding hydrogens is 206 g/mol. The van der Waals surface area contributed by atoms with Gasteiger partial charge in [-0.2, -0.15) is 0 Å². The van der Waals surface area contributed by atoms with Crippen molar-refractivity contribution in [3.63, 3.8) is 0 Å². The standard InChI is InChI=1S/C12H17NO3/c1-8-6-10(14)4-5-11(8)13-12(15)9(2)7-16-3/h4-6,9,14H,7H2,1-3H3,(H,13,15). The largest absolute Gasteiger partial charge is 0.508 e. The zero-order valence-electron chi connectivity index (χ0n) is 9.78. The van der Waals surface area contributed by atoms with Gasteiger partial charge in [0.1, 0.15) is 5.75 Å². The molecule has 0 saturated heterocycles. The number of hydrogen-bond donors (Lipinski definition) is 2. The third kappa shape index (κ3) is 3.24. The number of nitrogens with one attached hydrogen (secondary N) is 1. The van der Waals surface area contributed by atoms with Crippen molar-refractivity contribution in [2.24, 2.45) is 5.92 Å². The lowest BCUT2D eigenvalue weighted by molar-refractivity contribution is -0.120. The van der Waals surface area contributed by atoms with Crippen LogP contribution in [-0.4, -0.2) is 24.7 Å². The smallest absolute Gasteiger partial charge is 0.229 e. The van der Waals surface area contributed by atoms with Gasteiger partial charge in [0.05, 0.1) is 12.5 Å². The third-order valence-corrected chi connectivity index (χ3v) is 2.33. The number of anilines is 1. The van der Waals surface area contributed by atoms with Crippen LogP contribution in [0.2, 0.25) is 0 Å². The number of hydrogen-bond acceptors (Lipinski definition) is 3. The highest BCUT2D eigenvalue weighted by molar-refractivity contribution is 5.93. The van der Waals surface area contributed by atoms with Crippen LogP contribution in [0, 0.1) is 12.8 Å². The van der Waals surface area contributed by atoms with Gasteiger partial charge in [0.2, 0.25) is 5.91 Å². The topological polar surface area (TPSA) is 58.6 Å². The zero-order valence-corrected chi connectivity index (χ0v) is 9.78. The molecule has 16 heavy (non-hydrogen) atoms. The molecule has 2 N–H and O–H groups in total. The van der Waals surface area contributed by atoms with E-state index in [1.54, 1.807) is 32.2 Å². The van der Waals surface area contributed by atoms with E-state index in [1.165, 1.54) is 0 Å². The molecular formula is C12H17NO3. The number of amides is 1. The first-order valence-electron chi connectivity index (χ1n) is 5.14. The molecule has 0 bridgehead atoms. The maximum Gasteiger partial charge on any atom is 0.229 e. The third-order valence-electron chi connectivity index (χ3n) is 2.33. The molecule has 0 radical (unpaired) electrons. The second kappa shape index (κ2) is 5.51. The molecule has 4 nitrogen and oxygen atoms in total. The van der Waals surface area contributed by atoms with Crippen molar-refractivity contribution in [3.05, 3.63) is 23.8 Å². The lowest BCUT2D eigenvalue weighted by Crippen LogP contribution is -2.24. The Kier molecular flexibility index (Phi) is 4.31. The lowest BCUT2D eigenvalue weighted by Gasteiger charge is -2.13. The molecule has 0 fully saturated rings. The van der Waals surface area contributed by atoms with Crippen molar-refractivity contribution in [2.45, 2.75) is 13.8 Å². The Morgan fingerprint density at radius 1 is 1.56 bits per heavy atom. The monoisotopic (exact) mass is 223 g/mol. The minimum Gasteiger partial charge on any atom is -0.508 e. The molecule has 0 aromatic heterocycles. The van der Waals surface area contributed by atoms with E-state index in [4.69, 9.17) is 4.74 Å². The van der Waals surface area contributed by atoms with Gasteiger partial charge in [-0.15, -0.1) is 0 Å². The van der Waals surface area contributed by atoms with E-state index in [9.17, 15) is 9.90 Å². The number of carbonyl (C=O) groups is 1. The maximum atomic E-state index is 11.7. The Bertz CT molecular complexity index is 377. The van der Waals surface area contributed by atoms with E-state index in [-0.39, 0.29) is 17.6 Å². The number of aromatic hydroxyl groups is 1. The molecule has 0 aliphatic carbocycles. The average molecular weight is 223 g/mol. The van der Waals surface area contributed by atoms with Gasteiger partial charge in [-0.25, -0.2) is 0 Å². The predicted octanol–water partition coefficient (Wildman–Crippen LogP) is 1.92. The first kappa shape index (κ1) is 12.5. The highest BCUT2D eigenvalue weighted by atomic mass is 16.5. The zero-order chi connectivity index (χ0) is 12.1. The fraction of sp³-hybridized carbons (Fsp3) is 0.417. The van der Waals surface area contributed by atoms with Gasteiger partial charge >= 0.3 is 0 Å². The van der Waals surface area contributed by atoms with Crippen molar-refractivity contribution in [1.82, 2.24) is 0 Å². The molecule has 4 heteroatoms. The SMILES string of the molecule is COCC(C)C(=O)Nc1ccc(O)cc1C. The molecule has 1 atom stereocenters. The van der Waals surface area contributed by atoms with E-state index >= 15 is 0 Å². The van der Waals surface area contributed by atoms with Crippen LogP contribution in [0.4, 0.5) is 5.69 Å². The van der Waals surface area contributed by atoms with Gasteiger partial charge in [-0.1, -0.05) is 6.92 Å². The van der Waals surface area contributed by atoms with E-state index in [0.29, 0.717) is 12.3 Å². The van der Waals surface area contributed by atoms with Crippen LogP contribution in [0.5, 0.6) is 5.75 Å². The summed E-state index contributed by atoms with van der Waals surface area (Å²) in [5, 5.41) is 12.0. The highest BCUT2D eigenvalue weighted by Gasteiger charge is 2.13. The Morgan fingerprint density at radius 3 is 2.81 bits per heavy atom. The van der Waals surface area contributed by atoms with Crippen LogP contribution >= 0.6 is 0 Å². The summed E-state index contributed by atoms with van der Waals surface area (Å²) in [4.78, 5) is 11.7. The summed E-state index contributed by atoms with van der Waals surface area (Å²) in [5.74, 6) is -0.0886. The molecule has 0 aliphatic heterocycles. The molecule has 1 amide bonds. The summed E-state index contributed by atoms with van der Waals surface area (Å²) in [6, 6.07) is 4.84. The van der Waals surface area contributed by atoms with Crippen LogP contribution in [-0.2, 0) is 9.53 Å². The Morgan fingerprint density at radius 2 is 2.25 bits per heavy atom. The summed E-state index contributed by atoms with van der Waals surface area (Å²) in [5.41, 5.74) is 1.55. The number of phenolic OH excluding ortho intramolecular Hbond substituents is 1. The molecule has 1 unspecified atom stereocenters. The summed E-state index contributed by atoms with van der Waals surface area (Å²) in [6.07, 6.45) is 0. The minimum absolute atomic E-state index is 0.0874. The fourth-order valence-electron chi connectivity index (χ4n) is 1.37. The van der Waals surface area contributed by atoms with Gasteiger partial charge in [0, 0.05) is 12.8 Å². The summed E-state index contributed by atoms with van der Waals surface area (Å²) < 4.78 is 4.91. The number of carbonyl (C=O) groups excluding carboxylic acids is 1. The molecule has 1 aromatic rings. The van der Waals surface area contributed by atoms with Crippen molar-refractivity contribution in [1.29, 1.82) is 0 Å². The van der Waals surface area contributed by atoms with Gasteiger partial charge in [-0.3, -0.25) is 4.79 Å². The van der Waals surface area contributed by atoms with Gasteiger partial charge in [-0.05, 0) is 30.7 Å². The summed E-state index contributed by atoms with van der Waals surface area (Å²) in [7, 11) is 1.57. The summed E-state index contributed by atoms with van der Waals surface area (Å²) in [6.45, 7) is 4.02. The number of ether oxygens (including phenoxy) is 1. The fourth-order valence-corrected chi connectivity index (χ4v) is 1.37. The number of benzene rings is 1. The molecule has 0 saturated carbocycles. The minimum atomic E-state index is -0.196. The van der Waals surface area contributed by atoms with E-state index < -0.39 is 0 Å². The van der Waals surface area contributed by atoms with E-state index in [0.717, 1.165) is 5.56 Å². The van der Waals surface area contributed by atoms with Crippen LogP contribution < -0.4 is 5.32 Å². The Hall–Kier alpha value is -1.55. The Balaban J connectivity index is 2.69. The molecule has 1 rings (SSSR count). The van der Waals surface area contributed by atoms with Crippen molar-refractivity contribution in [2.75, 3.05) is 19.0 Å². The van der Waals surface area contributed by atoms with Crippen LogP contribution in [0.1, 0.15) is 12.5 Å². The van der Waals surface area contributed by atoms with E-state index in [2.05, 4.69) is 5.32 Å². The van der Waals surface area contributed by atoms with Gasteiger partial charge < -0.3 is 15.2 Å². The number of phenols is 1. The molecule has 0 heterocycles. The molecule has 0 spiro atoms. The average Bonchev–Trinajstić information content (AvgIpc) is 2.22. The van der Waals surface area contributed by atoms with Gasteiger partial charge in [0.25, 0.3) is 0 Å². The highest BCUT2D eigenvalue weighted by Crippen LogP contribution is 2.20. The maximum absolute atomic E-state index is 11.7. The van der Waals surface area contributed by atoms with E-state index in [1.807, 2.05) is 6.92 Å². The molecule has 0 aliphatic rings. The first-order valence-corrected chi connectivity index (χ1v) is 5.14. The Labute approximate surface area is 95.2 Å².